The summed E-state index contributed by atoms with van der Waals surface area (Å²) in [5, 5.41) is 7.99. The van der Waals surface area contributed by atoms with E-state index in [0.29, 0.717) is 17.8 Å². The summed E-state index contributed by atoms with van der Waals surface area (Å²) in [4.78, 5) is 35.7. The van der Waals surface area contributed by atoms with Crippen LogP contribution in [0.1, 0.15) is 41.7 Å². The smallest absolute Gasteiger partial charge is 0.407 e. The van der Waals surface area contributed by atoms with E-state index in [0.717, 1.165) is 0 Å². The number of rotatable bonds is 7. The van der Waals surface area contributed by atoms with Crippen LogP contribution in [-0.2, 0) is 4.74 Å². The van der Waals surface area contributed by atoms with E-state index in [-0.39, 0.29) is 18.2 Å². The molecule has 8 heteroatoms. The second kappa shape index (κ2) is 10.1. The molecule has 0 aliphatic carbocycles. The number of furan rings is 1. The normalized spacial score (nSPS) is 11.1. The minimum atomic E-state index is -0.548. The van der Waals surface area contributed by atoms with Gasteiger partial charge in [0.15, 0.2) is 5.76 Å². The molecule has 3 amide bonds. The van der Waals surface area contributed by atoms with Gasteiger partial charge in [-0.3, -0.25) is 9.59 Å². The number of nitrogens with one attached hydrogen (secondary N) is 3. The second-order valence-electron chi connectivity index (χ2n) is 7.08. The molecule has 0 spiro atoms. The van der Waals surface area contributed by atoms with Gasteiger partial charge in [-0.15, -0.1) is 0 Å². The van der Waals surface area contributed by atoms with Gasteiger partial charge in [-0.1, -0.05) is 18.2 Å². The maximum absolute atomic E-state index is 12.2. The highest BCUT2D eigenvalue weighted by Gasteiger charge is 2.15. The van der Waals surface area contributed by atoms with E-state index >= 15 is 0 Å². The SMILES string of the molecule is CC(C)(C)OC(=O)NCC=CCNC(=O)c1cccc(NC(=O)c2ccco2)c1. The van der Waals surface area contributed by atoms with E-state index in [1.54, 1.807) is 69.3 Å². The Bertz CT molecular complexity index is 867. The van der Waals surface area contributed by atoms with E-state index in [1.165, 1.54) is 6.26 Å². The largest absolute Gasteiger partial charge is 0.459 e. The lowest BCUT2D eigenvalue weighted by molar-refractivity contribution is 0.0533. The Morgan fingerprint density at radius 1 is 1.00 bits per heavy atom. The molecule has 0 fully saturated rings. The van der Waals surface area contributed by atoms with E-state index in [9.17, 15) is 14.4 Å². The Morgan fingerprint density at radius 2 is 1.72 bits per heavy atom. The Morgan fingerprint density at radius 3 is 2.38 bits per heavy atom. The standard InChI is InChI=1S/C21H25N3O5/c1-21(2,3)29-20(27)23-12-5-4-11-22-18(25)15-8-6-9-16(14-15)24-19(26)17-10-7-13-28-17/h4-10,13-14H,11-12H2,1-3H3,(H,22,25)(H,23,27)(H,24,26). The molecular weight excluding hydrogens is 374 g/mol. The van der Waals surface area contributed by atoms with Crippen molar-refractivity contribution in [3.05, 3.63) is 66.1 Å². The Balaban J connectivity index is 1.76. The van der Waals surface area contributed by atoms with Crippen LogP contribution in [0.25, 0.3) is 0 Å². The lowest BCUT2D eigenvalue weighted by Gasteiger charge is -2.19. The fraction of sp³-hybridized carbons (Fsp3) is 0.286. The van der Waals surface area contributed by atoms with Crippen molar-refractivity contribution >= 4 is 23.6 Å². The first kappa shape index (κ1) is 21.7. The summed E-state index contributed by atoms with van der Waals surface area (Å²) in [7, 11) is 0. The number of ether oxygens (including phenoxy) is 1. The van der Waals surface area contributed by atoms with Crippen molar-refractivity contribution in [3.8, 4) is 0 Å². The molecule has 29 heavy (non-hydrogen) atoms. The maximum atomic E-state index is 12.2. The Kier molecular flexibility index (Phi) is 7.59. The number of carbonyl (C=O) groups is 3. The fourth-order valence-electron chi connectivity index (χ4n) is 2.22. The van der Waals surface area contributed by atoms with Gasteiger partial charge in [0.2, 0.25) is 0 Å². The summed E-state index contributed by atoms with van der Waals surface area (Å²) in [6.45, 7) is 5.94. The maximum Gasteiger partial charge on any atom is 0.407 e. The lowest BCUT2D eigenvalue weighted by atomic mass is 10.2. The number of benzene rings is 1. The van der Waals surface area contributed by atoms with Crippen molar-refractivity contribution in [2.24, 2.45) is 0 Å². The average molecular weight is 399 g/mol. The molecule has 154 valence electrons. The number of hydrogen-bond acceptors (Lipinski definition) is 5. The van der Waals surface area contributed by atoms with Crippen LogP contribution in [0.4, 0.5) is 10.5 Å². The van der Waals surface area contributed by atoms with Crippen LogP contribution < -0.4 is 16.0 Å². The summed E-state index contributed by atoms with van der Waals surface area (Å²) in [6, 6.07) is 9.74. The average Bonchev–Trinajstić information content (AvgIpc) is 3.18. The molecule has 0 saturated carbocycles. The first-order chi connectivity index (χ1) is 13.7. The van der Waals surface area contributed by atoms with Crippen molar-refractivity contribution in [1.29, 1.82) is 0 Å². The zero-order valence-electron chi connectivity index (χ0n) is 16.7. The van der Waals surface area contributed by atoms with Gasteiger partial charge in [-0.05, 0) is 51.1 Å². The Hall–Kier alpha value is -3.55. The minimum Gasteiger partial charge on any atom is -0.459 e. The number of anilines is 1. The van der Waals surface area contributed by atoms with Crippen molar-refractivity contribution in [2.75, 3.05) is 18.4 Å². The number of hydrogen-bond donors (Lipinski definition) is 3. The van der Waals surface area contributed by atoms with Gasteiger partial charge in [-0.2, -0.15) is 0 Å². The van der Waals surface area contributed by atoms with Gasteiger partial charge in [0, 0.05) is 24.3 Å². The molecule has 2 rings (SSSR count). The second-order valence-corrected chi connectivity index (χ2v) is 7.08. The first-order valence-corrected chi connectivity index (χ1v) is 9.09. The zero-order chi connectivity index (χ0) is 21.3. The lowest BCUT2D eigenvalue weighted by Crippen LogP contribution is -2.32. The third kappa shape index (κ3) is 7.92. The van der Waals surface area contributed by atoms with Gasteiger partial charge < -0.3 is 25.1 Å². The van der Waals surface area contributed by atoms with Crippen molar-refractivity contribution < 1.29 is 23.5 Å². The van der Waals surface area contributed by atoms with Gasteiger partial charge in [0.05, 0.1) is 6.26 Å². The van der Waals surface area contributed by atoms with Crippen LogP contribution in [0, 0.1) is 0 Å². The molecule has 0 aliphatic rings. The molecule has 0 saturated heterocycles. The van der Waals surface area contributed by atoms with E-state index in [2.05, 4.69) is 16.0 Å². The molecule has 3 N–H and O–H groups in total. The summed E-state index contributed by atoms with van der Waals surface area (Å²) in [5.41, 5.74) is 0.340. The molecule has 1 aromatic heterocycles. The molecule has 0 unspecified atom stereocenters. The van der Waals surface area contributed by atoms with Gasteiger partial charge in [0.1, 0.15) is 5.60 Å². The summed E-state index contributed by atoms with van der Waals surface area (Å²) in [5.74, 6) is -0.498. The van der Waals surface area contributed by atoms with Crippen molar-refractivity contribution in [2.45, 2.75) is 26.4 Å². The highest BCUT2D eigenvalue weighted by atomic mass is 16.6. The van der Waals surface area contributed by atoms with Gasteiger partial charge in [-0.25, -0.2) is 4.79 Å². The number of alkyl carbamates (subject to hydrolysis) is 1. The fourth-order valence-corrected chi connectivity index (χ4v) is 2.22. The number of carbonyl (C=O) groups excluding carboxylic acids is 3. The van der Waals surface area contributed by atoms with E-state index in [4.69, 9.17) is 9.15 Å². The molecule has 0 atom stereocenters. The first-order valence-electron chi connectivity index (χ1n) is 9.09. The van der Waals surface area contributed by atoms with E-state index < -0.39 is 17.6 Å². The molecule has 1 aromatic carbocycles. The molecular formula is C21H25N3O5. The van der Waals surface area contributed by atoms with Crippen molar-refractivity contribution in [1.82, 2.24) is 10.6 Å². The van der Waals surface area contributed by atoms with Crippen LogP contribution in [-0.4, -0.2) is 36.6 Å². The molecule has 1 heterocycles. The van der Waals surface area contributed by atoms with Crippen LogP contribution in [0.5, 0.6) is 0 Å². The van der Waals surface area contributed by atoms with Gasteiger partial charge in [0.25, 0.3) is 11.8 Å². The van der Waals surface area contributed by atoms with Crippen LogP contribution in [0.2, 0.25) is 0 Å². The van der Waals surface area contributed by atoms with Crippen LogP contribution in [0.3, 0.4) is 0 Å². The Labute approximate surface area is 169 Å². The monoisotopic (exact) mass is 399 g/mol. The van der Waals surface area contributed by atoms with Gasteiger partial charge >= 0.3 is 6.09 Å². The summed E-state index contributed by atoms with van der Waals surface area (Å²) < 4.78 is 10.1. The molecule has 8 nitrogen and oxygen atoms in total. The van der Waals surface area contributed by atoms with E-state index in [1.807, 2.05) is 0 Å². The zero-order valence-corrected chi connectivity index (χ0v) is 16.7. The molecule has 2 aromatic rings. The van der Waals surface area contributed by atoms with Crippen LogP contribution in [0.15, 0.2) is 59.2 Å². The molecule has 0 aliphatic heterocycles. The third-order valence-electron chi connectivity index (χ3n) is 3.44. The summed E-state index contributed by atoms with van der Waals surface area (Å²) in [6.07, 6.45) is 4.34. The molecule has 0 radical (unpaired) electrons. The highest BCUT2D eigenvalue weighted by Crippen LogP contribution is 2.12. The van der Waals surface area contributed by atoms with Crippen LogP contribution >= 0.6 is 0 Å². The predicted octanol–water partition coefficient (Wildman–Crippen LogP) is 3.34. The van der Waals surface area contributed by atoms with Crippen molar-refractivity contribution in [3.63, 3.8) is 0 Å². The topological polar surface area (TPSA) is 110 Å². The quantitative estimate of drug-likeness (QED) is 0.619. The molecule has 0 bridgehead atoms. The predicted molar refractivity (Wildman–Crippen MR) is 109 cm³/mol. The third-order valence-corrected chi connectivity index (χ3v) is 3.44. The number of amides is 3. The highest BCUT2D eigenvalue weighted by molar-refractivity contribution is 6.03. The minimum absolute atomic E-state index is 0.185. The summed E-state index contributed by atoms with van der Waals surface area (Å²) >= 11 is 0.